The van der Waals surface area contributed by atoms with Crippen LogP contribution in [0.4, 0.5) is 0 Å². The van der Waals surface area contributed by atoms with Gasteiger partial charge in [-0.3, -0.25) is 4.40 Å². The summed E-state index contributed by atoms with van der Waals surface area (Å²) in [4.78, 5) is 18.6. The summed E-state index contributed by atoms with van der Waals surface area (Å²) in [5, 5.41) is 8.80. The van der Waals surface area contributed by atoms with E-state index in [0.29, 0.717) is 11.8 Å². The van der Waals surface area contributed by atoms with E-state index in [0.717, 1.165) is 0 Å². The van der Waals surface area contributed by atoms with Crippen LogP contribution in [0.25, 0.3) is 5.78 Å². The van der Waals surface area contributed by atoms with Gasteiger partial charge in [-0.2, -0.15) is 4.98 Å². The molecule has 0 fully saturated rings. The molecule has 84 valence electrons. The van der Waals surface area contributed by atoms with E-state index >= 15 is 0 Å². The number of ether oxygens (including phenoxy) is 2. The minimum Gasteiger partial charge on any atom is -0.482 e. The van der Waals surface area contributed by atoms with Crippen LogP contribution < -0.4 is 9.47 Å². The fourth-order valence-electron chi connectivity index (χ4n) is 1.28. The van der Waals surface area contributed by atoms with Crippen LogP contribution in [0, 0.1) is 0 Å². The van der Waals surface area contributed by atoms with Gasteiger partial charge >= 0.3 is 5.97 Å². The average molecular weight is 223 g/mol. The highest BCUT2D eigenvalue weighted by Gasteiger charge is 2.13. The number of nitrogens with zero attached hydrogens (tertiary/aromatic N) is 3. The van der Waals surface area contributed by atoms with Gasteiger partial charge in [-0.1, -0.05) is 0 Å². The number of carboxylic acids is 1. The van der Waals surface area contributed by atoms with Gasteiger partial charge in [-0.15, -0.1) is 0 Å². The summed E-state index contributed by atoms with van der Waals surface area (Å²) in [5.41, 5.74) is -0.0981. The van der Waals surface area contributed by atoms with E-state index in [9.17, 15) is 4.79 Å². The number of hydrogen-bond acceptors (Lipinski definition) is 5. The predicted octanol–water partition coefficient (Wildman–Crippen LogP) is 0.445. The zero-order chi connectivity index (χ0) is 11.7. The maximum atomic E-state index is 10.7. The summed E-state index contributed by atoms with van der Waals surface area (Å²) in [6, 6.07) is 1.54. The lowest BCUT2D eigenvalue weighted by molar-refractivity contribution is 0.0691. The summed E-state index contributed by atoms with van der Waals surface area (Å²) in [6.45, 7) is 0. The van der Waals surface area contributed by atoms with Crippen molar-refractivity contribution in [2.45, 2.75) is 0 Å². The molecule has 7 nitrogen and oxygen atoms in total. The molecule has 1 N–H and O–H groups in total. The zero-order valence-electron chi connectivity index (χ0n) is 8.67. The van der Waals surface area contributed by atoms with Gasteiger partial charge in [0.2, 0.25) is 17.5 Å². The van der Waals surface area contributed by atoms with Crippen LogP contribution in [0.3, 0.4) is 0 Å². The maximum Gasteiger partial charge on any atom is 0.356 e. The lowest BCUT2D eigenvalue weighted by Crippen LogP contribution is -1.97. The lowest BCUT2D eigenvalue weighted by Gasteiger charge is -2.04. The number of imidazole rings is 1. The predicted molar refractivity (Wildman–Crippen MR) is 53.1 cm³/mol. The fraction of sp³-hybridized carbons (Fsp3) is 0.222. The molecule has 0 aliphatic heterocycles. The van der Waals surface area contributed by atoms with E-state index in [2.05, 4.69) is 9.97 Å². The lowest BCUT2D eigenvalue weighted by atomic mass is 10.5. The molecular formula is C9H9N3O4. The van der Waals surface area contributed by atoms with Gasteiger partial charge in [0.25, 0.3) is 0 Å². The van der Waals surface area contributed by atoms with Gasteiger partial charge in [0, 0.05) is 6.20 Å². The number of rotatable bonds is 3. The molecule has 7 heteroatoms. The molecule has 0 aromatic carbocycles. The van der Waals surface area contributed by atoms with Crippen molar-refractivity contribution in [1.82, 2.24) is 14.4 Å². The highest BCUT2D eigenvalue weighted by Crippen LogP contribution is 2.19. The largest absolute Gasteiger partial charge is 0.482 e. The highest BCUT2D eigenvalue weighted by atomic mass is 16.5. The number of carbonyl (C=O) groups is 1. The molecule has 0 bridgehead atoms. The Morgan fingerprint density at radius 2 is 2.12 bits per heavy atom. The number of carboxylic acid groups (broad SMARTS) is 1. The van der Waals surface area contributed by atoms with Gasteiger partial charge in [0.15, 0.2) is 5.69 Å². The number of methoxy groups -OCH3 is 2. The number of aromatic carboxylic acids is 1. The van der Waals surface area contributed by atoms with Crippen molar-refractivity contribution in [3.05, 3.63) is 18.0 Å². The van der Waals surface area contributed by atoms with Crippen LogP contribution in [0.2, 0.25) is 0 Å². The first-order valence-corrected chi connectivity index (χ1v) is 4.37. The van der Waals surface area contributed by atoms with Gasteiger partial charge < -0.3 is 14.6 Å². The molecule has 0 amide bonds. The molecular weight excluding hydrogens is 214 g/mol. The van der Waals surface area contributed by atoms with Crippen molar-refractivity contribution < 1.29 is 19.4 Å². The molecule has 0 aliphatic carbocycles. The van der Waals surface area contributed by atoms with Crippen molar-refractivity contribution >= 4 is 11.7 Å². The van der Waals surface area contributed by atoms with Crippen LogP contribution >= 0.6 is 0 Å². The minimum absolute atomic E-state index is 0.0981. The molecule has 2 heterocycles. The van der Waals surface area contributed by atoms with Gasteiger partial charge in [-0.05, 0) is 0 Å². The van der Waals surface area contributed by atoms with E-state index in [4.69, 9.17) is 14.6 Å². The van der Waals surface area contributed by atoms with Crippen molar-refractivity contribution in [2.24, 2.45) is 0 Å². The van der Waals surface area contributed by atoms with Gasteiger partial charge in [-0.25, -0.2) is 9.78 Å². The second-order valence-electron chi connectivity index (χ2n) is 2.94. The second kappa shape index (κ2) is 3.69. The minimum atomic E-state index is -1.12. The van der Waals surface area contributed by atoms with Gasteiger partial charge in [0.05, 0.1) is 20.3 Å². The Kier molecular flexibility index (Phi) is 2.35. The third-order valence-electron chi connectivity index (χ3n) is 2.02. The Hall–Kier alpha value is -2.31. The molecule has 2 aromatic rings. The second-order valence-corrected chi connectivity index (χ2v) is 2.94. The Morgan fingerprint density at radius 3 is 2.69 bits per heavy atom. The van der Waals surface area contributed by atoms with Crippen molar-refractivity contribution in [2.75, 3.05) is 14.2 Å². The fourth-order valence-corrected chi connectivity index (χ4v) is 1.28. The Bertz CT molecular complexity index is 549. The first kappa shape index (κ1) is 10.2. The van der Waals surface area contributed by atoms with E-state index < -0.39 is 5.97 Å². The van der Waals surface area contributed by atoms with Crippen molar-refractivity contribution in [1.29, 1.82) is 0 Å². The Morgan fingerprint density at radius 1 is 1.38 bits per heavy atom. The topological polar surface area (TPSA) is 86.0 Å². The average Bonchev–Trinajstić information content (AvgIpc) is 2.71. The van der Waals surface area contributed by atoms with Crippen LogP contribution in [-0.2, 0) is 0 Å². The van der Waals surface area contributed by atoms with E-state index in [1.165, 1.54) is 24.8 Å². The van der Waals surface area contributed by atoms with Crippen molar-refractivity contribution in [3.63, 3.8) is 0 Å². The summed E-state index contributed by atoms with van der Waals surface area (Å²) >= 11 is 0. The molecule has 0 saturated heterocycles. The molecule has 2 aromatic heterocycles. The summed E-state index contributed by atoms with van der Waals surface area (Å²) < 4.78 is 11.5. The third kappa shape index (κ3) is 1.52. The summed E-state index contributed by atoms with van der Waals surface area (Å²) in [7, 11) is 2.92. The van der Waals surface area contributed by atoms with Crippen LogP contribution in [0.5, 0.6) is 11.8 Å². The number of aromatic nitrogens is 3. The molecule has 0 aliphatic rings. The SMILES string of the molecule is COc1cc(OC)n2cc(C(=O)O)nc2n1. The molecule has 0 spiro atoms. The molecule has 16 heavy (non-hydrogen) atoms. The standard InChI is InChI=1S/C9H9N3O4/c1-15-6-3-7(16-2)12-4-5(8(13)14)10-9(12)11-6/h3-4H,1-2H3,(H,13,14). The molecule has 0 unspecified atom stereocenters. The molecule has 2 rings (SSSR count). The van der Waals surface area contributed by atoms with Gasteiger partial charge in [0.1, 0.15) is 0 Å². The first-order valence-electron chi connectivity index (χ1n) is 4.37. The number of hydrogen-bond donors (Lipinski definition) is 1. The smallest absolute Gasteiger partial charge is 0.356 e. The van der Waals surface area contributed by atoms with E-state index in [1.54, 1.807) is 6.07 Å². The zero-order valence-corrected chi connectivity index (χ0v) is 8.67. The molecule has 0 saturated carbocycles. The summed E-state index contributed by atoms with van der Waals surface area (Å²) in [6.07, 6.45) is 1.34. The monoisotopic (exact) mass is 223 g/mol. The maximum absolute atomic E-state index is 10.7. The Balaban J connectivity index is 2.69. The van der Waals surface area contributed by atoms with Crippen LogP contribution in [0.1, 0.15) is 10.5 Å². The van der Waals surface area contributed by atoms with E-state index in [-0.39, 0.29) is 11.5 Å². The normalized spacial score (nSPS) is 10.4. The summed E-state index contributed by atoms with van der Waals surface area (Å²) in [5.74, 6) is -0.186. The van der Waals surface area contributed by atoms with Crippen molar-refractivity contribution in [3.8, 4) is 11.8 Å². The number of fused-ring (bicyclic) bond motifs is 1. The first-order chi connectivity index (χ1) is 7.65. The molecule has 0 radical (unpaired) electrons. The van der Waals surface area contributed by atoms with E-state index in [1.807, 2.05) is 0 Å². The van der Waals surface area contributed by atoms with Crippen LogP contribution in [-0.4, -0.2) is 39.7 Å². The third-order valence-corrected chi connectivity index (χ3v) is 2.02. The Labute approximate surface area is 90.3 Å². The molecule has 0 atom stereocenters. The highest BCUT2D eigenvalue weighted by molar-refractivity contribution is 5.85. The van der Waals surface area contributed by atoms with Crippen LogP contribution in [0.15, 0.2) is 12.3 Å². The quantitative estimate of drug-likeness (QED) is 0.812.